The maximum Gasteiger partial charge on any atom is 0.294 e. The minimum Gasteiger partial charge on any atom is -0.282 e. The summed E-state index contributed by atoms with van der Waals surface area (Å²) in [5.41, 5.74) is 1.62. The van der Waals surface area contributed by atoms with E-state index in [1.807, 2.05) is 6.92 Å². The average molecular weight is 372 g/mol. The van der Waals surface area contributed by atoms with E-state index < -0.39 is 10.1 Å². The van der Waals surface area contributed by atoms with Crippen molar-refractivity contribution in [2.45, 2.75) is 28.4 Å². The molecule has 6 heteroatoms. The van der Waals surface area contributed by atoms with Crippen molar-refractivity contribution >= 4 is 42.0 Å². The first-order valence-corrected chi connectivity index (χ1v) is 7.93. The van der Waals surface area contributed by atoms with E-state index in [2.05, 4.69) is 31.9 Å². The van der Waals surface area contributed by atoms with Crippen molar-refractivity contribution < 1.29 is 13.0 Å². The van der Waals surface area contributed by atoms with Crippen molar-refractivity contribution in [3.63, 3.8) is 0 Å². The van der Waals surface area contributed by atoms with Crippen LogP contribution in [0.25, 0.3) is 0 Å². The Hall–Kier alpha value is 0.0900. The van der Waals surface area contributed by atoms with Gasteiger partial charge in [-0.15, -0.1) is 0 Å². The maximum absolute atomic E-state index is 11.1. The fourth-order valence-corrected chi connectivity index (χ4v) is 2.61. The highest BCUT2D eigenvalue weighted by Crippen LogP contribution is 2.22. The Morgan fingerprint density at radius 1 is 1.38 bits per heavy atom. The normalized spacial score (nSPS) is 12.1. The van der Waals surface area contributed by atoms with Gasteiger partial charge in [-0.2, -0.15) is 8.42 Å². The summed E-state index contributed by atoms with van der Waals surface area (Å²) in [6, 6.07) is 4.90. The molecule has 0 aliphatic carbocycles. The SMILES string of the molecule is Cc1ccc(S(=O)(=O)O)c(CCC(Br)Br)c1. The van der Waals surface area contributed by atoms with Crippen LogP contribution in [0.1, 0.15) is 17.5 Å². The zero-order valence-electron chi connectivity index (χ0n) is 8.65. The van der Waals surface area contributed by atoms with Crippen LogP contribution in [0.2, 0.25) is 0 Å². The predicted molar refractivity (Wildman–Crippen MR) is 71.0 cm³/mol. The third-order valence-electron chi connectivity index (χ3n) is 2.13. The van der Waals surface area contributed by atoms with Crippen LogP contribution in [-0.2, 0) is 16.5 Å². The molecular weight excluding hydrogens is 360 g/mol. The van der Waals surface area contributed by atoms with Gasteiger partial charge in [0.2, 0.25) is 0 Å². The second-order valence-electron chi connectivity index (χ2n) is 3.52. The molecular formula is C10H12Br2O3S. The molecule has 1 rings (SSSR count). The second kappa shape index (κ2) is 5.62. The Bertz CT molecular complexity index is 469. The molecule has 90 valence electrons. The predicted octanol–water partition coefficient (Wildman–Crippen LogP) is 3.29. The second-order valence-corrected chi connectivity index (χ2v) is 8.35. The zero-order chi connectivity index (χ0) is 12.3. The Morgan fingerprint density at radius 2 is 2.00 bits per heavy atom. The fourth-order valence-electron chi connectivity index (χ4n) is 1.42. The molecule has 0 atom stereocenters. The molecule has 0 bridgehead atoms. The highest BCUT2D eigenvalue weighted by Gasteiger charge is 2.15. The van der Waals surface area contributed by atoms with Gasteiger partial charge in [-0.1, -0.05) is 49.6 Å². The third-order valence-corrected chi connectivity index (χ3v) is 4.00. The van der Waals surface area contributed by atoms with Gasteiger partial charge in [-0.3, -0.25) is 4.55 Å². The molecule has 0 fully saturated rings. The van der Waals surface area contributed by atoms with Crippen LogP contribution in [0, 0.1) is 6.92 Å². The van der Waals surface area contributed by atoms with Crippen LogP contribution in [0.15, 0.2) is 23.1 Å². The summed E-state index contributed by atoms with van der Waals surface area (Å²) in [6.07, 6.45) is 1.32. The first-order valence-electron chi connectivity index (χ1n) is 4.66. The molecule has 3 nitrogen and oxygen atoms in total. The molecule has 0 aliphatic rings. The molecule has 1 N–H and O–H groups in total. The van der Waals surface area contributed by atoms with Crippen molar-refractivity contribution in [3.05, 3.63) is 29.3 Å². The van der Waals surface area contributed by atoms with E-state index in [1.165, 1.54) is 6.07 Å². The monoisotopic (exact) mass is 370 g/mol. The largest absolute Gasteiger partial charge is 0.294 e. The van der Waals surface area contributed by atoms with Crippen LogP contribution >= 0.6 is 31.9 Å². The number of rotatable bonds is 4. The topological polar surface area (TPSA) is 54.4 Å². The lowest BCUT2D eigenvalue weighted by Crippen LogP contribution is -2.04. The number of aryl methyl sites for hydroxylation is 2. The lowest BCUT2D eigenvalue weighted by Gasteiger charge is -2.08. The summed E-state index contributed by atoms with van der Waals surface area (Å²) in [4.78, 5) is -0.00116. The molecule has 16 heavy (non-hydrogen) atoms. The Morgan fingerprint density at radius 3 is 2.50 bits per heavy atom. The number of hydrogen-bond donors (Lipinski definition) is 1. The van der Waals surface area contributed by atoms with Gasteiger partial charge in [0.1, 0.15) is 0 Å². The summed E-state index contributed by atoms with van der Waals surface area (Å²) >= 11 is 6.66. The van der Waals surface area contributed by atoms with Crippen molar-refractivity contribution in [3.8, 4) is 0 Å². The summed E-state index contributed by atoms with van der Waals surface area (Å²) in [7, 11) is -4.13. The Kier molecular flexibility index (Phi) is 4.97. The van der Waals surface area contributed by atoms with E-state index >= 15 is 0 Å². The first-order chi connectivity index (χ1) is 7.30. The quantitative estimate of drug-likeness (QED) is 0.652. The van der Waals surface area contributed by atoms with Crippen LogP contribution in [0.3, 0.4) is 0 Å². The van der Waals surface area contributed by atoms with Crippen LogP contribution in [0.5, 0.6) is 0 Å². The third kappa shape index (κ3) is 4.16. The lowest BCUT2D eigenvalue weighted by molar-refractivity contribution is 0.482. The summed E-state index contributed by atoms with van der Waals surface area (Å²) in [5, 5.41) is 0. The van der Waals surface area contributed by atoms with Gasteiger partial charge in [0.25, 0.3) is 10.1 Å². The molecule has 0 aromatic heterocycles. The number of alkyl halides is 2. The van der Waals surface area contributed by atoms with E-state index in [0.717, 1.165) is 12.0 Å². The van der Waals surface area contributed by atoms with Crippen molar-refractivity contribution in [2.24, 2.45) is 0 Å². The van der Waals surface area contributed by atoms with Gasteiger partial charge in [0, 0.05) is 0 Å². The zero-order valence-corrected chi connectivity index (χ0v) is 12.6. The molecule has 0 spiro atoms. The standard InChI is InChI=1S/C10H12Br2O3S/c1-7-2-4-9(16(13,14)15)8(6-7)3-5-10(11)12/h2,4,6,10H,3,5H2,1H3,(H,13,14,15). The molecule has 0 heterocycles. The summed E-state index contributed by atoms with van der Waals surface area (Å²) in [5.74, 6) is 0. The number of halogens is 2. The van der Waals surface area contributed by atoms with Crippen LogP contribution in [0.4, 0.5) is 0 Å². The van der Waals surface area contributed by atoms with Gasteiger partial charge < -0.3 is 0 Å². The molecule has 1 aromatic rings. The van der Waals surface area contributed by atoms with Crippen LogP contribution in [-0.4, -0.2) is 16.7 Å². The minimum absolute atomic E-state index is 0.00116. The maximum atomic E-state index is 11.1. The Balaban J connectivity index is 3.09. The van der Waals surface area contributed by atoms with Crippen molar-refractivity contribution in [1.82, 2.24) is 0 Å². The van der Waals surface area contributed by atoms with Crippen molar-refractivity contribution in [1.29, 1.82) is 0 Å². The molecule has 0 amide bonds. The molecule has 0 unspecified atom stereocenters. The molecule has 0 radical (unpaired) electrons. The van der Waals surface area contributed by atoms with E-state index in [9.17, 15) is 8.42 Å². The van der Waals surface area contributed by atoms with Gasteiger partial charge in [-0.25, -0.2) is 0 Å². The first kappa shape index (κ1) is 14.2. The van der Waals surface area contributed by atoms with Crippen LogP contribution < -0.4 is 0 Å². The molecule has 0 aliphatic heterocycles. The van der Waals surface area contributed by atoms with Gasteiger partial charge in [-0.05, 0) is 31.4 Å². The van der Waals surface area contributed by atoms with Gasteiger partial charge in [0.15, 0.2) is 0 Å². The number of hydrogen-bond acceptors (Lipinski definition) is 2. The highest BCUT2D eigenvalue weighted by atomic mass is 79.9. The average Bonchev–Trinajstić information content (AvgIpc) is 2.12. The molecule has 0 saturated heterocycles. The molecule has 1 aromatic carbocycles. The fraction of sp³-hybridized carbons (Fsp3) is 0.400. The minimum atomic E-state index is -4.13. The smallest absolute Gasteiger partial charge is 0.282 e. The molecule has 0 saturated carbocycles. The van der Waals surface area contributed by atoms with Crippen molar-refractivity contribution in [2.75, 3.05) is 0 Å². The Labute approximate surface area is 112 Å². The lowest BCUT2D eigenvalue weighted by atomic mass is 10.1. The van der Waals surface area contributed by atoms with E-state index in [-0.39, 0.29) is 8.63 Å². The summed E-state index contributed by atoms with van der Waals surface area (Å²) in [6.45, 7) is 1.89. The number of benzene rings is 1. The van der Waals surface area contributed by atoms with E-state index in [0.29, 0.717) is 12.0 Å². The van der Waals surface area contributed by atoms with Gasteiger partial charge in [0.05, 0.1) is 8.63 Å². The van der Waals surface area contributed by atoms with Gasteiger partial charge >= 0.3 is 0 Å². The van der Waals surface area contributed by atoms with E-state index in [1.54, 1.807) is 12.1 Å². The highest BCUT2D eigenvalue weighted by molar-refractivity contribution is 9.24. The summed E-state index contributed by atoms with van der Waals surface area (Å²) < 4.78 is 31.5. The van der Waals surface area contributed by atoms with E-state index in [4.69, 9.17) is 4.55 Å².